The average Bonchev–Trinajstić information content (AvgIpc) is 2.84. The van der Waals surface area contributed by atoms with Gasteiger partial charge in [0.1, 0.15) is 6.54 Å². The highest BCUT2D eigenvalue weighted by Crippen LogP contribution is 2.16. The Morgan fingerprint density at radius 1 is 1.36 bits per heavy atom. The van der Waals surface area contributed by atoms with Crippen LogP contribution in [0.25, 0.3) is 0 Å². The lowest BCUT2D eigenvalue weighted by Gasteiger charge is -2.39. The minimum absolute atomic E-state index is 0.00667. The fourth-order valence-corrected chi connectivity index (χ4v) is 2.65. The molecule has 0 aliphatic carbocycles. The number of hydrogen-bond acceptors (Lipinski definition) is 3. The molecular weight excluding hydrogens is 282 g/mol. The molecule has 2 aliphatic rings. The number of amides is 3. The fraction of sp³-hybridized carbons (Fsp3) is 0.500. The van der Waals surface area contributed by atoms with Crippen LogP contribution in [0, 0.1) is 6.92 Å². The molecule has 118 valence electrons. The summed E-state index contributed by atoms with van der Waals surface area (Å²) in [5.74, 6) is -0.00667. The van der Waals surface area contributed by atoms with E-state index >= 15 is 0 Å². The number of nitrogens with one attached hydrogen (secondary N) is 1. The van der Waals surface area contributed by atoms with Crippen molar-refractivity contribution in [1.29, 1.82) is 0 Å². The molecule has 0 atom stereocenters. The van der Waals surface area contributed by atoms with Gasteiger partial charge in [-0.2, -0.15) is 0 Å². The fourth-order valence-electron chi connectivity index (χ4n) is 2.65. The molecule has 2 aliphatic heterocycles. The first-order valence-corrected chi connectivity index (χ1v) is 7.60. The summed E-state index contributed by atoms with van der Waals surface area (Å²) in [6.07, 6.45) is 0.0935. The number of urea groups is 1. The number of benzene rings is 1. The molecule has 3 amide bonds. The number of likely N-dealkylation sites (tertiary alicyclic amines) is 1. The van der Waals surface area contributed by atoms with Gasteiger partial charge in [0.25, 0.3) is 0 Å². The molecule has 0 aromatic heterocycles. The smallest absolute Gasteiger partial charge is 0.317 e. The van der Waals surface area contributed by atoms with Crippen LogP contribution in [0.3, 0.4) is 0 Å². The van der Waals surface area contributed by atoms with Crippen molar-refractivity contribution in [3.63, 3.8) is 0 Å². The van der Waals surface area contributed by atoms with Crippen molar-refractivity contribution < 1.29 is 14.3 Å². The Hall–Kier alpha value is -2.08. The highest BCUT2D eigenvalue weighted by molar-refractivity contribution is 5.85. The van der Waals surface area contributed by atoms with E-state index in [0.717, 1.165) is 0 Å². The van der Waals surface area contributed by atoms with Crippen LogP contribution in [0.15, 0.2) is 24.3 Å². The van der Waals surface area contributed by atoms with Crippen molar-refractivity contribution in [2.75, 3.05) is 32.7 Å². The monoisotopic (exact) mass is 303 g/mol. The molecule has 1 N–H and O–H groups in total. The second-order valence-electron chi connectivity index (χ2n) is 5.81. The second-order valence-corrected chi connectivity index (χ2v) is 5.81. The molecule has 2 fully saturated rings. The van der Waals surface area contributed by atoms with Gasteiger partial charge in [0.15, 0.2) is 0 Å². The Balaban J connectivity index is 1.39. The Bertz CT molecular complexity index is 570. The maximum Gasteiger partial charge on any atom is 0.317 e. The number of carbonyl (C=O) groups is 2. The maximum absolute atomic E-state index is 12.0. The van der Waals surface area contributed by atoms with Gasteiger partial charge in [0.2, 0.25) is 5.91 Å². The molecule has 0 radical (unpaired) electrons. The Kier molecular flexibility index (Phi) is 4.29. The van der Waals surface area contributed by atoms with Gasteiger partial charge in [0.05, 0.1) is 12.7 Å². The molecule has 0 spiro atoms. The summed E-state index contributed by atoms with van der Waals surface area (Å²) >= 11 is 0. The largest absolute Gasteiger partial charge is 0.370 e. The molecule has 3 rings (SSSR count). The zero-order chi connectivity index (χ0) is 15.5. The topological polar surface area (TPSA) is 61.9 Å². The van der Waals surface area contributed by atoms with Gasteiger partial charge in [-0.15, -0.1) is 0 Å². The van der Waals surface area contributed by atoms with Crippen LogP contribution in [0.5, 0.6) is 0 Å². The summed E-state index contributed by atoms with van der Waals surface area (Å²) < 4.78 is 5.83. The van der Waals surface area contributed by atoms with Crippen LogP contribution in [0.4, 0.5) is 4.79 Å². The lowest BCUT2D eigenvalue weighted by Crippen LogP contribution is -2.57. The summed E-state index contributed by atoms with van der Waals surface area (Å²) in [5, 5.41) is 2.69. The van der Waals surface area contributed by atoms with Crippen LogP contribution < -0.4 is 5.32 Å². The van der Waals surface area contributed by atoms with Gasteiger partial charge in [0, 0.05) is 26.2 Å². The number of rotatable bonds is 5. The molecule has 1 aromatic rings. The quantitative estimate of drug-likeness (QED) is 0.873. The molecule has 6 nitrogen and oxygen atoms in total. The van der Waals surface area contributed by atoms with Crippen molar-refractivity contribution in [3.05, 3.63) is 35.4 Å². The van der Waals surface area contributed by atoms with Crippen LogP contribution in [-0.4, -0.2) is 60.6 Å². The van der Waals surface area contributed by atoms with Gasteiger partial charge >= 0.3 is 6.03 Å². The second kappa shape index (κ2) is 6.36. The predicted octanol–water partition coefficient (Wildman–Crippen LogP) is 0.748. The highest BCUT2D eigenvalue weighted by Gasteiger charge is 2.33. The normalized spacial score (nSPS) is 18.3. The first-order chi connectivity index (χ1) is 10.6. The van der Waals surface area contributed by atoms with Crippen LogP contribution in [-0.2, 0) is 16.1 Å². The summed E-state index contributed by atoms with van der Waals surface area (Å²) in [4.78, 5) is 26.8. The van der Waals surface area contributed by atoms with E-state index in [1.54, 1.807) is 9.80 Å². The van der Waals surface area contributed by atoms with E-state index in [-0.39, 0.29) is 24.6 Å². The summed E-state index contributed by atoms with van der Waals surface area (Å²) in [6, 6.07) is 7.99. The molecule has 0 unspecified atom stereocenters. The van der Waals surface area contributed by atoms with Gasteiger partial charge in [-0.05, 0) is 18.1 Å². The molecule has 1 aromatic carbocycles. The lowest BCUT2D eigenvalue weighted by molar-refractivity contribution is -0.146. The number of aryl methyl sites for hydroxylation is 1. The molecular formula is C16H21N3O3. The van der Waals surface area contributed by atoms with E-state index in [0.29, 0.717) is 32.8 Å². The number of ether oxygens (including phenoxy) is 1. The zero-order valence-corrected chi connectivity index (χ0v) is 12.7. The molecule has 0 saturated carbocycles. The average molecular weight is 303 g/mol. The third-order valence-electron chi connectivity index (χ3n) is 4.21. The van der Waals surface area contributed by atoms with E-state index < -0.39 is 0 Å². The van der Waals surface area contributed by atoms with E-state index in [2.05, 4.69) is 24.4 Å². The highest BCUT2D eigenvalue weighted by atomic mass is 16.5. The SMILES string of the molecule is Cc1ccccc1COC1CN(C(=O)CN2CCNC2=O)C1. The van der Waals surface area contributed by atoms with E-state index in [4.69, 9.17) is 4.74 Å². The Morgan fingerprint density at radius 3 is 2.82 bits per heavy atom. The lowest BCUT2D eigenvalue weighted by atomic mass is 10.1. The van der Waals surface area contributed by atoms with Crippen molar-refractivity contribution >= 4 is 11.9 Å². The Labute approximate surface area is 130 Å². The third-order valence-corrected chi connectivity index (χ3v) is 4.21. The van der Waals surface area contributed by atoms with Gasteiger partial charge < -0.3 is 19.9 Å². The van der Waals surface area contributed by atoms with Gasteiger partial charge in [-0.1, -0.05) is 24.3 Å². The van der Waals surface area contributed by atoms with Crippen molar-refractivity contribution in [2.24, 2.45) is 0 Å². The summed E-state index contributed by atoms with van der Waals surface area (Å²) in [7, 11) is 0. The van der Waals surface area contributed by atoms with Gasteiger partial charge in [-0.3, -0.25) is 4.79 Å². The molecule has 22 heavy (non-hydrogen) atoms. The van der Waals surface area contributed by atoms with E-state index in [1.165, 1.54) is 11.1 Å². The predicted molar refractivity (Wildman–Crippen MR) is 81.3 cm³/mol. The number of hydrogen-bond donors (Lipinski definition) is 1. The van der Waals surface area contributed by atoms with Crippen molar-refractivity contribution in [3.8, 4) is 0 Å². The Morgan fingerprint density at radius 2 is 2.14 bits per heavy atom. The summed E-state index contributed by atoms with van der Waals surface area (Å²) in [5.41, 5.74) is 2.40. The van der Waals surface area contributed by atoms with E-state index in [9.17, 15) is 9.59 Å². The molecule has 0 bridgehead atoms. The van der Waals surface area contributed by atoms with Gasteiger partial charge in [-0.25, -0.2) is 4.79 Å². The van der Waals surface area contributed by atoms with E-state index in [1.807, 2.05) is 12.1 Å². The first-order valence-electron chi connectivity index (χ1n) is 7.60. The minimum Gasteiger partial charge on any atom is -0.370 e. The molecule has 2 heterocycles. The molecule has 6 heteroatoms. The minimum atomic E-state index is -0.152. The van der Waals surface area contributed by atoms with Crippen LogP contribution in [0.1, 0.15) is 11.1 Å². The summed E-state index contributed by atoms with van der Waals surface area (Å²) in [6.45, 7) is 5.25. The molecule has 2 saturated heterocycles. The van der Waals surface area contributed by atoms with Crippen LogP contribution in [0.2, 0.25) is 0 Å². The first kappa shape index (κ1) is 14.8. The zero-order valence-electron chi connectivity index (χ0n) is 12.7. The van der Waals surface area contributed by atoms with Crippen molar-refractivity contribution in [1.82, 2.24) is 15.1 Å². The van der Waals surface area contributed by atoms with Crippen LogP contribution >= 0.6 is 0 Å². The third kappa shape index (κ3) is 3.22. The number of carbonyl (C=O) groups excluding carboxylic acids is 2. The maximum atomic E-state index is 12.0. The van der Waals surface area contributed by atoms with Crippen molar-refractivity contribution in [2.45, 2.75) is 19.6 Å². The standard InChI is InChI=1S/C16H21N3O3/c1-12-4-2-3-5-13(12)11-22-14-8-19(9-14)15(20)10-18-7-6-17-16(18)21/h2-5,14H,6-11H2,1H3,(H,17,21). The number of nitrogens with zero attached hydrogens (tertiary/aromatic N) is 2.